The van der Waals surface area contributed by atoms with E-state index >= 15 is 0 Å². The first-order chi connectivity index (χ1) is 12.2. The van der Waals surface area contributed by atoms with Crippen LogP contribution in [0.4, 0.5) is 0 Å². The van der Waals surface area contributed by atoms with E-state index < -0.39 is 11.4 Å². The summed E-state index contributed by atoms with van der Waals surface area (Å²) in [7, 11) is 0. The number of para-hydroxylation sites is 1. The molecule has 0 aliphatic rings. The number of fused-ring (bicyclic) bond motifs is 1. The van der Waals surface area contributed by atoms with Gasteiger partial charge in [0.25, 0.3) is 0 Å². The Morgan fingerprint density at radius 1 is 0.920 bits per heavy atom. The van der Waals surface area contributed by atoms with Crippen LogP contribution in [0.1, 0.15) is 30.6 Å². The van der Waals surface area contributed by atoms with Crippen molar-refractivity contribution >= 4 is 45.2 Å². The van der Waals surface area contributed by atoms with Crippen LogP contribution in [0.25, 0.3) is 11.0 Å². The summed E-state index contributed by atoms with van der Waals surface area (Å²) in [5, 5.41) is 3.98. The molecule has 0 bridgehead atoms. The number of ketones is 2. The lowest BCUT2D eigenvalue weighted by Gasteiger charge is -2.08. The van der Waals surface area contributed by atoms with Crippen LogP contribution in [-0.2, 0) is 0 Å². The van der Waals surface area contributed by atoms with E-state index in [2.05, 4.69) is 4.98 Å². The number of hydrogen-bond donors (Lipinski definition) is 0. The van der Waals surface area contributed by atoms with E-state index in [4.69, 9.17) is 4.42 Å². The summed E-state index contributed by atoms with van der Waals surface area (Å²) < 4.78 is 5.27. The lowest BCUT2D eigenvalue weighted by molar-refractivity contribution is 0.100. The molecule has 0 amide bonds. The molecule has 3 aromatic heterocycles. The molecule has 25 heavy (non-hydrogen) atoms. The SMILES string of the molecule is O=C(c1nccs1)c1c(C(=O)c2cccs2)c2ccccc2oc1=O. The normalized spacial score (nSPS) is 10.9. The van der Waals surface area contributed by atoms with Crippen molar-refractivity contribution in [3.63, 3.8) is 0 Å². The Morgan fingerprint density at radius 2 is 1.76 bits per heavy atom. The van der Waals surface area contributed by atoms with Crippen molar-refractivity contribution in [1.82, 2.24) is 4.98 Å². The van der Waals surface area contributed by atoms with Crippen LogP contribution in [0.15, 0.2) is 62.6 Å². The summed E-state index contributed by atoms with van der Waals surface area (Å²) in [4.78, 5) is 42.7. The number of aromatic nitrogens is 1. The molecule has 3 heterocycles. The van der Waals surface area contributed by atoms with Gasteiger partial charge in [0.05, 0.1) is 10.4 Å². The topological polar surface area (TPSA) is 77.2 Å². The van der Waals surface area contributed by atoms with Gasteiger partial charge in [-0.25, -0.2) is 9.78 Å². The number of carbonyl (C=O) groups is 2. The minimum Gasteiger partial charge on any atom is -0.422 e. The molecule has 1 aromatic carbocycles. The quantitative estimate of drug-likeness (QED) is 0.405. The highest BCUT2D eigenvalue weighted by Crippen LogP contribution is 2.26. The Bertz CT molecular complexity index is 1140. The van der Waals surface area contributed by atoms with E-state index in [0.29, 0.717) is 10.3 Å². The minimum atomic E-state index is -0.834. The summed E-state index contributed by atoms with van der Waals surface area (Å²) in [5.41, 5.74) is -0.775. The summed E-state index contributed by atoms with van der Waals surface area (Å²) in [5.74, 6) is -0.978. The molecule has 4 rings (SSSR count). The Balaban J connectivity index is 2.06. The zero-order valence-corrected chi connectivity index (χ0v) is 14.2. The van der Waals surface area contributed by atoms with Gasteiger partial charge in [-0.05, 0) is 17.5 Å². The minimum absolute atomic E-state index is 0.0644. The Kier molecular flexibility index (Phi) is 3.87. The van der Waals surface area contributed by atoms with E-state index in [1.54, 1.807) is 47.2 Å². The third-order valence-electron chi connectivity index (χ3n) is 3.64. The van der Waals surface area contributed by atoms with E-state index in [0.717, 1.165) is 11.3 Å². The second-order valence-corrected chi connectivity index (χ2v) is 6.95. The summed E-state index contributed by atoms with van der Waals surface area (Å²) in [6.45, 7) is 0. The molecule has 0 N–H and O–H groups in total. The number of hydrogen-bond acceptors (Lipinski definition) is 7. The second-order valence-electron chi connectivity index (χ2n) is 5.11. The standard InChI is InChI=1S/C18H9NO4S2/c20-15(12-6-3-8-24-12)13-10-4-1-2-5-11(10)23-18(22)14(13)16(21)17-19-7-9-25-17/h1-9H. The lowest BCUT2D eigenvalue weighted by Crippen LogP contribution is -2.21. The van der Waals surface area contributed by atoms with Crippen LogP contribution in [0.3, 0.4) is 0 Å². The van der Waals surface area contributed by atoms with Gasteiger partial charge in [-0.1, -0.05) is 24.3 Å². The summed E-state index contributed by atoms with van der Waals surface area (Å²) >= 11 is 2.36. The highest BCUT2D eigenvalue weighted by Gasteiger charge is 2.28. The number of benzene rings is 1. The first-order valence-electron chi connectivity index (χ1n) is 7.25. The fraction of sp³-hybridized carbons (Fsp3) is 0. The summed E-state index contributed by atoms with van der Waals surface area (Å²) in [6, 6.07) is 10.1. The van der Waals surface area contributed by atoms with E-state index in [1.807, 2.05) is 0 Å². The maximum Gasteiger partial charge on any atom is 0.348 e. The maximum absolute atomic E-state index is 13.0. The van der Waals surface area contributed by atoms with Crippen LogP contribution in [-0.4, -0.2) is 16.6 Å². The third kappa shape index (κ3) is 2.63. The largest absolute Gasteiger partial charge is 0.422 e. The average molecular weight is 367 g/mol. The number of thiazole rings is 1. The molecule has 0 saturated heterocycles. The predicted octanol–water partition coefficient (Wildman–Crippen LogP) is 3.77. The van der Waals surface area contributed by atoms with Gasteiger partial charge in [0.2, 0.25) is 11.6 Å². The number of rotatable bonds is 4. The van der Waals surface area contributed by atoms with Gasteiger partial charge in [0.1, 0.15) is 11.1 Å². The van der Waals surface area contributed by atoms with Gasteiger partial charge in [-0.3, -0.25) is 9.59 Å². The fourth-order valence-electron chi connectivity index (χ4n) is 2.57. The molecule has 0 fully saturated rings. The van der Waals surface area contributed by atoms with Gasteiger partial charge in [0.15, 0.2) is 5.01 Å². The lowest BCUT2D eigenvalue weighted by atomic mass is 9.97. The molecule has 0 saturated carbocycles. The van der Waals surface area contributed by atoms with Gasteiger partial charge < -0.3 is 4.42 Å². The predicted molar refractivity (Wildman–Crippen MR) is 95.8 cm³/mol. The van der Waals surface area contributed by atoms with Crippen LogP contribution < -0.4 is 5.63 Å². The molecule has 4 aromatic rings. The number of carbonyl (C=O) groups excluding carboxylic acids is 2. The Morgan fingerprint density at radius 3 is 2.48 bits per heavy atom. The van der Waals surface area contributed by atoms with Crippen molar-refractivity contribution < 1.29 is 14.0 Å². The van der Waals surface area contributed by atoms with E-state index in [1.165, 1.54) is 17.5 Å². The third-order valence-corrected chi connectivity index (χ3v) is 5.28. The smallest absolute Gasteiger partial charge is 0.348 e. The van der Waals surface area contributed by atoms with Gasteiger partial charge in [-0.2, -0.15) is 0 Å². The van der Waals surface area contributed by atoms with Gasteiger partial charge in [-0.15, -0.1) is 22.7 Å². The van der Waals surface area contributed by atoms with Crippen molar-refractivity contribution in [1.29, 1.82) is 0 Å². The molecule has 0 unspecified atom stereocenters. The zero-order valence-electron chi connectivity index (χ0n) is 12.6. The molecule has 0 aliphatic heterocycles. The molecule has 7 heteroatoms. The van der Waals surface area contributed by atoms with Crippen molar-refractivity contribution in [3.8, 4) is 0 Å². The Hall–Kier alpha value is -2.90. The van der Waals surface area contributed by atoms with Crippen LogP contribution in [0, 0.1) is 0 Å². The van der Waals surface area contributed by atoms with E-state index in [-0.39, 0.29) is 27.5 Å². The van der Waals surface area contributed by atoms with Crippen molar-refractivity contribution in [2.45, 2.75) is 0 Å². The highest BCUT2D eigenvalue weighted by molar-refractivity contribution is 7.12. The molecular formula is C18H9NO4S2. The van der Waals surface area contributed by atoms with Crippen LogP contribution in [0.2, 0.25) is 0 Å². The molecule has 122 valence electrons. The maximum atomic E-state index is 13.0. The molecule has 0 spiro atoms. The molecule has 0 atom stereocenters. The monoisotopic (exact) mass is 367 g/mol. The zero-order chi connectivity index (χ0) is 17.4. The number of nitrogens with zero attached hydrogens (tertiary/aromatic N) is 1. The second kappa shape index (κ2) is 6.19. The number of thiophene rings is 1. The molecule has 5 nitrogen and oxygen atoms in total. The first-order valence-corrected chi connectivity index (χ1v) is 9.01. The van der Waals surface area contributed by atoms with Crippen molar-refractivity contribution in [3.05, 3.63) is 84.8 Å². The molecule has 0 radical (unpaired) electrons. The highest BCUT2D eigenvalue weighted by atomic mass is 32.1. The van der Waals surface area contributed by atoms with Crippen LogP contribution in [0.5, 0.6) is 0 Å². The van der Waals surface area contributed by atoms with Gasteiger partial charge in [0, 0.05) is 17.0 Å². The fourth-order valence-corrected chi connectivity index (χ4v) is 3.82. The van der Waals surface area contributed by atoms with E-state index in [9.17, 15) is 14.4 Å². The molecule has 0 aliphatic carbocycles. The Labute approximate surface area is 149 Å². The van der Waals surface area contributed by atoms with Crippen LogP contribution >= 0.6 is 22.7 Å². The van der Waals surface area contributed by atoms with Crippen molar-refractivity contribution in [2.24, 2.45) is 0 Å². The average Bonchev–Trinajstić information content (AvgIpc) is 3.32. The first kappa shape index (κ1) is 15.6. The van der Waals surface area contributed by atoms with Gasteiger partial charge >= 0.3 is 5.63 Å². The summed E-state index contributed by atoms with van der Waals surface area (Å²) in [6.07, 6.45) is 1.47. The molecular weight excluding hydrogens is 358 g/mol. The van der Waals surface area contributed by atoms with Crippen molar-refractivity contribution in [2.75, 3.05) is 0 Å².